The summed E-state index contributed by atoms with van der Waals surface area (Å²) in [6.45, 7) is 3.04. The van der Waals surface area contributed by atoms with Crippen molar-refractivity contribution >= 4 is 34.5 Å². The number of hydrogen-bond acceptors (Lipinski definition) is 2. The SMILES string of the molecule is CC(NCc1cc2c(s1)CCC2)c1ccc(Cl)cc1Cl. The van der Waals surface area contributed by atoms with Crippen molar-refractivity contribution in [1.82, 2.24) is 5.32 Å². The Morgan fingerprint density at radius 2 is 2.10 bits per heavy atom. The van der Waals surface area contributed by atoms with Gasteiger partial charge in [0.15, 0.2) is 0 Å². The molecule has 2 aromatic rings. The maximum absolute atomic E-state index is 6.25. The molecule has 1 nitrogen and oxygen atoms in total. The normalized spacial score (nSPS) is 15.3. The van der Waals surface area contributed by atoms with E-state index in [0.717, 1.165) is 17.1 Å². The summed E-state index contributed by atoms with van der Waals surface area (Å²) in [7, 11) is 0. The fourth-order valence-electron chi connectivity index (χ4n) is 2.69. The van der Waals surface area contributed by atoms with Gasteiger partial charge >= 0.3 is 0 Å². The van der Waals surface area contributed by atoms with Gasteiger partial charge in [0.25, 0.3) is 0 Å². The lowest BCUT2D eigenvalue weighted by molar-refractivity contribution is 0.579. The van der Waals surface area contributed by atoms with Crippen LogP contribution in [0.3, 0.4) is 0 Å². The zero-order valence-corrected chi connectivity index (χ0v) is 13.7. The molecule has 1 aliphatic carbocycles. The van der Waals surface area contributed by atoms with Gasteiger partial charge in [-0.2, -0.15) is 0 Å². The molecule has 0 amide bonds. The van der Waals surface area contributed by atoms with E-state index in [-0.39, 0.29) is 6.04 Å². The van der Waals surface area contributed by atoms with Crippen LogP contribution in [0, 0.1) is 0 Å². The number of fused-ring (bicyclic) bond motifs is 1. The van der Waals surface area contributed by atoms with E-state index in [2.05, 4.69) is 18.3 Å². The summed E-state index contributed by atoms with van der Waals surface area (Å²) in [5.74, 6) is 0. The van der Waals surface area contributed by atoms with Gasteiger partial charge in [-0.15, -0.1) is 11.3 Å². The summed E-state index contributed by atoms with van der Waals surface area (Å²) in [5, 5.41) is 4.96. The molecule has 0 spiro atoms. The van der Waals surface area contributed by atoms with E-state index in [1.54, 1.807) is 16.5 Å². The van der Waals surface area contributed by atoms with Crippen LogP contribution >= 0.6 is 34.5 Å². The minimum Gasteiger partial charge on any atom is -0.305 e. The Morgan fingerprint density at radius 1 is 1.25 bits per heavy atom. The summed E-state index contributed by atoms with van der Waals surface area (Å²) in [4.78, 5) is 3.01. The Labute approximate surface area is 133 Å². The summed E-state index contributed by atoms with van der Waals surface area (Å²) in [5.41, 5.74) is 2.66. The quantitative estimate of drug-likeness (QED) is 0.794. The maximum atomic E-state index is 6.25. The molecule has 0 saturated carbocycles. The topological polar surface area (TPSA) is 12.0 Å². The minimum atomic E-state index is 0.219. The number of hydrogen-bond donors (Lipinski definition) is 1. The third-order valence-corrected chi connectivity index (χ3v) is 5.61. The first-order valence-corrected chi connectivity index (χ1v) is 8.49. The lowest BCUT2D eigenvalue weighted by Crippen LogP contribution is -2.17. The highest BCUT2D eigenvalue weighted by Gasteiger charge is 2.15. The standard InChI is InChI=1S/C16H17Cl2NS/c1-10(14-6-5-12(17)8-15(14)18)19-9-13-7-11-3-2-4-16(11)20-13/h5-8,10,19H,2-4,9H2,1H3. The molecule has 1 aromatic carbocycles. The van der Waals surface area contributed by atoms with Gasteiger partial charge in [-0.1, -0.05) is 29.3 Å². The number of aryl methyl sites for hydroxylation is 2. The van der Waals surface area contributed by atoms with Gasteiger partial charge in [0.2, 0.25) is 0 Å². The highest BCUT2D eigenvalue weighted by molar-refractivity contribution is 7.12. The highest BCUT2D eigenvalue weighted by Crippen LogP contribution is 2.31. The van der Waals surface area contributed by atoms with Gasteiger partial charge in [0.1, 0.15) is 0 Å². The smallest absolute Gasteiger partial charge is 0.0468 e. The first kappa shape index (κ1) is 14.4. The Hall–Kier alpha value is -0.540. The van der Waals surface area contributed by atoms with Crippen molar-refractivity contribution in [3.05, 3.63) is 55.2 Å². The van der Waals surface area contributed by atoms with E-state index in [4.69, 9.17) is 23.2 Å². The second-order valence-corrected chi connectivity index (χ2v) is 7.35. The molecule has 1 aromatic heterocycles. The molecular weight excluding hydrogens is 309 g/mol. The summed E-state index contributed by atoms with van der Waals surface area (Å²) >= 11 is 14.1. The molecule has 1 N–H and O–H groups in total. The Morgan fingerprint density at radius 3 is 2.85 bits per heavy atom. The van der Waals surface area contributed by atoms with E-state index in [1.165, 1.54) is 24.1 Å². The largest absolute Gasteiger partial charge is 0.305 e. The zero-order valence-electron chi connectivity index (χ0n) is 11.4. The monoisotopic (exact) mass is 325 g/mol. The van der Waals surface area contributed by atoms with Crippen molar-refractivity contribution in [2.45, 2.75) is 38.8 Å². The minimum absolute atomic E-state index is 0.219. The molecule has 1 unspecified atom stereocenters. The molecule has 1 aliphatic rings. The van der Waals surface area contributed by atoms with E-state index in [0.29, 0.717) is 5.02 Å². The van der Waals surface area contributed by atoms with Crippen LogP contribution in [0.2, 0.25) is 10.0 Å². The van der Waals surface area contributed by atoms with Crippen molar-refractivity contribution in [2.24, 2.45) is 0 Å². The van der Waals surface area contributed by atoms with Crippen LogP contribution in [0.25, 0.3) is 0 Å². The number of benzene rings is 1. The fraction of sp³-hybridized carbons (Fsp3) is 0.375. The molecular formula is C16H17Cl2NS. The van der Waals surface area contributed by atoms with Crippen LogP contribution < -0.4 is 5.32 Å². The molecule has 0 fully saturated rings. The summed E-state index contributed by atoms with van der Waals surface area (Å²) in [6, 6.07) is 8.26. The van der Waals surface area contributed by atoms with Crippen molar-refractivity contribution < 1.29 is 0 Å². The second kappa shape index (κ2) is 6.07. The van der Waals surface area contributed by atoms with Crippen LogP contribution in [-0.2, 0) is 19.4 Å². The molecule has 3 rings (SSSR count). The number of thiophene rings is 1. The molecule has 106 valence electrons. The summed E-state index contributed by atoms with van der Waals surface area (Å²) in [6.07, 6.45) is 3.84. The van der Waals surface area contributed by atoms with Crippen LogP contribution in [0.1, 0.15) is 40.3 Å². The van der Waals surface area contributed by atoms with Gasteiger partial charge in [0, 0.05) is 32.4 Å². The molecule has 0 aliphatic heterocycles. The molecule has 4 heteroatoms. The molecule has 1 heterocycles. The van der Waals surface area contributed by atoms with Gasteiger partial charge in [-0.3, -0.25) is 0 Å². The van der Waals surface area contributed by atoms with Gasteiger partial charge in [-0.25, -0.2) is 0 Å². The average molecular weight is 326 g/mol. The Kier molecular flexibility index (Phi) is 4.37. The van der Waals surface area contributed by atoms with Gasteiger partial charge in [-0.05, 0) is 55.5 Å². The Bertz CT molecular complexity index is 599. The average Bonchev–Trinajstić information content (AvgIpc) is 2.96. The first-order valence-electron chi connectivity index (χ1n) is 6.92. The number of halogens is 2. The van der Waals surface area contributed by atoms with Crippen molar-refractivity contribution in [3.63, 3.8) is 0 Å². The van der Waals surface area contributed by atoms with E-state index < -0.39 is 0 Å². The van der Waals surface area contributed by atoms with E-state index in [1.807, 2.05) is 23.5 Å². The van der Waals surface area contributed by atoms with Crippen LogP contribution in [0.15, 0.2) is 24.3 Å². The third kappa shape index (κ3) is 3.04. The third-order valence-electron chi connectivity index (χ3n) is 3.81. The lowest BCUT2D eigenvalue weighted by atomic mass is 10.1. The number of nitrogens with one attached hydrogen (secondary N) is 1. The zero-order chi connectivity index (χ0) is 14.1. The predicted octanol–water partition coefficient (Wildman–Crippen LogP) is 5.39. The molecule has 1 atom stereocenters. The predicted molar refractivity (Wildman–Crippen MR) is 88.1 cm³/mol. The molecule has 0 saturated heterocycles. The maximum Gasteiger partial charge on any atom is 0.0468 e. The van der Waals surface area contributed by atoms with Crippen LogP contribution in [-0.4, -0.2) is 0 Å². The van der Waals surface area contributed by atoms with Gasteiger partial charge < -0.3 is 5.32 Å². The molecule has 0 bridgehead atoms. The highest BCUT2D eigenvalue weighted by atomic mass is 35.5. The van der Waals surface area contributed by atoms with Crippen molar-refractivity contribution in [2.75, 3.05) is 0 Å². The Balaban J connectivity index is 1.65. The van der Waals surface area contributed by atoms with E-state index in [9.17, 15) is 0 Å². The fourth-order valence-corrected chi connectivity index (χ4v) is 4.48. The van der Waals surface area contributed by atoms with Crippen molar-refractivity contribution in [3.8, 4) is 0 Å². The second-order valence-electron chi connectivity index (χ2n) is 5.28. The van der Waals surface area contributed by atoms with Crippen molar-refractivity contribution in [1.29, 1.82) is 0 Å². The first-order chi connectivity index (χ1) is 9.63. The summed E-state index contributed by atoms with van der Waals surface area (Å²) < 4.78 is 0. The molecule has 20 heavy (non-hydrogen) atoms. The van der Waals surface area contributed by atoms with Crippen LogP contribution in [0.5, 0.6) is 0 Å². The lowest BCUT2D eigenvalue weighted by Gasteiger charge is -2.15. The van der Waals surface area contributed by atoms with E-state index >= 15 is 0 Å². The molecule has 0 radical (unpaired) electrons. The van der Waals surface area contributed by atoms with Gasteiger partial charge in [0.05, 0.1) is 0 Å². The van der Waals surface area contributed by atoms with Crippen LogP contribution in [0.4, 0.5) is 0 Å². The number of rotatable bonds is 4.